The minimum absolute atomic E-state index is 0.0843. The van der Waals surface area contributed by atoms with Crippen LogP contribution in [0.25, 0.3) is 0 Å². The van der Waals surface area contributed by atoms with Crippen molar-refractivity contribution in [2.45, 2.75) is 19.6 Å². The Morgan fingerprint density at radius 2 is 1.86 bits per heavy atom. The van der Waals surface area contributed by atoms with Gasteiger partial charge in [0.15, 0.2) is 9.84 Å². The van der Waals surface area contributed by atoms with Gasteiger partial charge in [0, 0.05) is 11.8 Å². The minimum atomic E-state index is -3.09. The van der Waals surface area contributed by atoms with E-state index in [1.165, 1.54) is 0 Å². The average Bonchev–Trinajstić information content (AvgIpc) is 1.96. The lowest BCUT2D eigenvalue weighted by molar-refractivity contribution is 0.465. The molecule has 0 aliphatic rings. The summed E-state index contributed by atoms with van der Waals surface area (Å²) in [5.41, 5.74) is 2.15. The average molecular weight is 214 g/mol. The highest BCUT2D eigenvalue weighted by atomic mass is 32.2. The van der Waals surface area contributed by atoms with E-state index in [9.17, 15) is 13.5 Å². The molecule has 0 fully saturated rings. The molecule has 0 saturated carbocycles. The van der Waals surface area contributed by atoms with Gasteiger partial charge in [-0.2, -0.15) is 0 Å². The predicted octanol–water partition coefficient (Wildman–Crippen LogP) is 1.55. The lowest BCUT2D eigenvalue weighted by atomic mass is 10.1. The second kappa shape index (κ2) is 3.61. The molecule has 0 unspecified atom stereocenters. The SMILES string of the molecule is Cc1cc(C)c(O)c(CS(C)(=O)=O)c1. The van der Waals surface area contributed by atoms with Crippen molar-refractivity contribution >= 4 is 9.84 Å². The van der Waals surface area contributed by atoms with E-state index in [-0.39, 0.29) is 11.5 Å². The van der Waals surface area contributed by atoms with E-state index in [2.05, 4.69) is 0 Å². The third kappa shape index (κ3) is 2.73. The zero-order valence-corrected chi connectivity index (χ0v) is 9.35. The van der Waals surface area contributed by atoms with Crippen molar-refractivity contribution < 1.29 is 13.5 Å². The molecule has 1 aromatic carbocycles. The predicted molar refractivity (Wildman–Crippen MR) is 56.1 cm³/mol. The molecule has 0 atom stereocenters. The van der Waals surface area contributed by atoms with Crippen LogP contribution < -0.4 is 0 Å². The largest absolute Gasteiger partial charge is 0.507 e. The zero-order chi connectivity index (χ0) is 10.9. The van der Waals surface area contributed by atoms with Gasteiger partial charge in [0.05, 0.1) is 5.75 Å². The third-order valence-electron chi connectivity index (χ3n) is 1.94. The summed E-state index contributed by atoms with van der Waals surface area (Å²) in [7, 11) is -3.09. The van der Waals surface area contributed by atoms with Crippen LogP contribution in [0.2, 0.25) is 0 Å². The third-order valence-corrected chi connectivity index (χ3v) is 2.78. The maximum Gasteiger partial charge on any atom is 0.151 e. The van der Waals surface area contributed by atoms with Crippen molar-refractivity contribution in [3.05, 3.63) is 28.8 Å². The van der Waals surface area contributed by atoms with Gasteiger partial charge < -0.3 is 5.11 Å². The molecule has 0 aliphatic carbocycles. The highest BCUT2D eigenvalue weighted by Gasteiger charge is 2.11. The van der Waals surface area contributed by atoms with Gasteiger partial charge in [-0.05, 0) is 19.4 Å². The van der Waals surface area contributed by atoms with Gasteiger partial charge >= 0.3 is 0 Å². The smallest absolute Gasteiger partial charge is 0.151 e. The first-order valence-corrected chi connectivity index (χ1v) is 6.32. The molecule has 0 spiro atoms. The molecule has 1 rings (SSSR count). The van der Waals surface area contributed by atoms with Crippen molar-refractivity contribution in [3.8, 4) is 5.75 Å². The molecular formula is C10H14O3S. The first-order valence-electron chi connectivity index (χ1n) is 4.26. The maximum atomic E-state index is 11.1. The lowest BCUT2D eigenvalue weighted by Crippen LogP contribution is -2.01. The van der Waals surface area contributed by atoms with Crippen LogP contribution in [0.1, 0.15) is 16.7 Å². The van der Waals surface area contributed by atoms with E-state index in [1.54, 1.807) is 13.0 Å². The number of rotatable bonds is 2. The monoisotopic (exact) mass is 214 g/mol. The van der Waals surface area contributed by atoms with Gasteiger partial charge in [0.2, 0.25) is 0 Å². The Hall–Kier alpha value is -1.03. The number of sulfone groups is 1. The molecule has 0 aliphatic heterocycles. The van der Waals surface area contributed by atoms with Crippen LogP contribution in [0.3, 0.4) is 0 Å². The number of phenols is 1. The number of aromatic hydroxyl groups is 1. The molecule has 4 heteroatoms. The standard InChI is InChI=1S/C10H14O3S/c1-7-4-8(2)10(11)9(5-7)6-14(3,12)13/h4-5,11H,6H2,1-3H3. The van der Waals surface area contributed by atoms with E-state index in [1.807, 2.05) is 13.0 Å². The van der Waals surface area contributed by atoms with E-state index in [4.69, 9.17) is 0 Å². The Bertz CT molecular complexity index is 447. The Labute approximate surface area is 84.3 Å². The van der Waals surface area contributed by atoms with Gasteiger partial charge in [0.25, 0.3) is 0 Å². The van der Waals surface area contributed by atoms with Crippen LogP contribution in [0.15, 0.2) is 12.1 Å². The molecule has 1 N–H and O–H groups in total. The van der Waals surface area contributed by atoms with Crippen molar-refractivity contribution in [1.29, 1.82) is 0 Å². The number of aryl methyl sites for hydroxylation is 2. The number of hydrogen-bond acceptors (Lipinski definition) is 3. The molecule has 0 radical (unpaired) electrons. The molecule has 14 heavy (non-hydrogen) atoms. The summed E-state index contributed by atoms with van der Waals surface area (Å²) < 4.78 is 22.1. The molecule has 0 heterocycles. The highest BCUT2D eigenvalue weighted by molar-refractivity contribution is 7.89. The number of hydrogen-bond donors (Lipinski definition) is 1. The normalized spacial score (nSPS) is 11.6. The van der Waals surface area contributed by atoms with Crippen molar-refractivity contribution in [1.82, 2.24) is 0 Å². The van der Waals surface area contributed by atoms with E-state index in [0.29, 0.717) is 11.1 Å². The molecule has 0 aromatic heterocycles. The zero-order valence-electron chi connectivity index (χ0n) is 8.53. The van der Waals surface area contributed by atoms with Crippen molar-refractivity contribution in [3.63, 3.8) is 0 Å². The number of benzene rings is 1. The molecule has 78 valence electrons. The summed E-state index contributed by atoms with van der Waals surface area (Å²) in [6.45, 7) is 3.63. The van der Waals surface area contributed by atoms with Crippen molar-refractivity contribution in [2.24, 2.45) is 0 Å². The topological polar surface area (TPSA) is 54.4 Å². The van der Waals surface area contributed by atoms with E-state index >= 15 is 0 Å². The summed E-state index contributed by atoms with van der Waals surface area (Å²) in [4.78, 5) is 0. The summed E-state index contributed by atoms with van der Waals surface area (Å²) in [6.07, 6.45) is 1.16. The summed E-state index contributed by atoms with van der Waals surface area (Å²) in [6, 6.07) is 3.52. The lowest BCUT2D eigenvalue weighted by Gasteiger charge is -2.07. The van der Waals surface area contributed by atoms with E-state index in [0.717, 1.165) is 11.8 Å². The van der Waals surface area contributed by atoms with Gasteiger partial charge in [-0.25, -0.2) is 8.42 Å². The molecule has 0 amide bonds. The van der Waals surface area contributed by atoms with Crippen LogP contribution in [-0.2, 0) is 15.6 Å². The summed E-state index contributed by atoms with van der Waals surface area (Å²) in [5, 5.41) is 9.62. The highest BCUT2D eigenvalue weighted by Crippen LogP contribution is 2.25. The molecule has 3 nitrogen and oxygen atoms in total. The molecule has 0 saturated heterocycles. The van der Waals surface area contributed by atoms with E-state index < -0.39 is 9.84 Å². The van der Waals surface area contributed by atoms with Crippen LogP contribution in [-0.4, -0.2) is 19.8 Å². The Morgan fingerprint density at radius 3 is 2.36 bits per heavy atom. The fraction of sp³-hybridized carbons (Fsp3) is 0.400. The first-order chi connectivity index (χ1) is 6.29. The maximum absolute atomic E-state index is 11.1. The Morgan fingerprint density at radius 1 is 1.29 bits per heavy atom. The van der Waals surface area contributed by atoms with Crippen molar-refractivity contribution in [2.75, 3.05) is 6.26 Å². The summed E-state index contributed by atoms with van der Waals surface area (Å²) >= 11 is 0. The summed E-state index contributed by atoms with van der Waals surface area (Å²) in [5.74, 6) is -0.0255. The second-order valence-electron chi connectivity index (χ2n) is 3.66. The molecule has 1 aromatic rings. The minimum Gasteiger partial charge on any atom is -0.507 e. The fourth-order valence-corrected chi connectivity index (χ4v) is 2.23. The molecular weight excluding hydrogens is 200 g/mol. The first kappa shape index (κ1) is 11.0. The van der Waals surface area contributed by atoms with Crippen LogP contribution >= 0.6 is 0 Å². The van der Waals surface area contributed by atoms with Gasteiger partial charge in [-0.1, -0.05) is 17.7 Å². The number of phenolic OH excluding ortho intramolecular Hbond substituents is 1. The molecule has 0 bridgehead atoms. The van der Waals surface area contributed by atoms with Gasteiger partial charge in [-0.3, -0.25) is 0 Å². The van der Waals surface area contributed by atoms with Gasteiger partial charge in [0.1, 0.15) is 5.75 Å². The fourth-order valence-electron chi connectivity index (χ4n) is 1.44. The van der Waals surface area contributed by atoms with Crippen LogP contribution in [0, 0.1) is 13.8 Å². The second-order valence-corrected chi connectivity index (χ2v) is 5.80. The van der Waals surface area contributed by atoms with Crippen LogP contribution in [0.4, 0.5) is 0 Å². The van der Waals surface area contributed by atoms with Gasteiger partial charge in [-0.15, -0.1) is 0 Å². The quantitative estimate of drug-likeness (QED) is 0.812. The van der Waals surface area contributed by atoms with Crippen LogP contribution in [0.5, 0.6) is 5.75 Å². The Kier molecular flexibility index (Phi) is 2.85. The Balaban J connectivity index is 3.22.